The number of nitrogens with zero attached hydrogens (tertiary/aromatic N) is 1. The van der Waals surface area contributed by atoms with Gasteiger partial charge in [0.15, 0.2) is 0 Å². The average molecular weight is 245 g/mol. The highest BCUT2D eigenvalue weighted by Gasteiger charge is 2.05. The molecule has 78 valence electrons. The summed E-state index contributed by atoms with van der Waals surface area (Å²) in [7, 11) is 0. The molecule has 0 spiro atoms. The van der Waals surface area contributed by atoms with Crippen LogP contribution in [-0.2, 0) is 0 Å². The van der Waals surface area contributed by atoms with Crippen LogP contribution in [0.15, 0.2) is 24.4 Å². The number of anilines is 1. The van der Waals surface area contributed by atoms with Crippen LogP contribution in [0, 0.1) is 5.82 Å². The molecular weight excluding hydrogens is 239 g/mol. The molecule has 0 bridgehead atoms. The molecule has 3 nitrogen and oxygen atoms in total. The zero-order chi connectivity index (χ0) is 10.8. The number of nitrogen functional groups attached to an aromatic ring is 1. The van der Waals surface area contributed by atoms with Gasteiger partial charge in [-0.3, -0.25) is 0 Å². The number of hydrogen-bond donors (Lipinski definition) is 1. The summed E-state index contributed by atoms with van der Waals surface area (Å²) in [5.74, 6) is -0.190. The molecule has 0 saturated heterocycles. The fourth-order valence-corrected chi connectivity index (χ4v) is 1.63. The molecule has 0 fully saturated rings. The highest BCUT2D eigenvalue weighted by molar-refractivity contribution is 7.17. The number of nitrogens with two attached hydrogens (primary N) is 1. The monoisotopic (exact) mass is 244 g/mol. The number of benzene rings is 1. The highest BCUT2D eigenvalue weighted by atomic mass is 35.5. The Bertz CT molecular complexity index is 489. The maximum absolute atomic E-state index is 13.0. The van der Waals surface area contributed by atoms with Crippen LogP contribution < -0.4 is 10.5 Å². The number of rotatable bonds is 2. The van der Waals surface area contributed by atoms with Crippen LogP contribution in [0.25, 0.3) is 0 Å². The summed E-state index contributed by atoms with van der Waals surface area (Å²) in [5.41, 5.74) is 5.47. The van der Waals surface area contributed by atoms with Crippen molar-refractivity contribution in [1.82, 2.24) is 4.98 Å². The Morgan fingerprint density at radius 2 is 2.27 bits per heavy atom. The van der Waals surface area contributed by atoms with Crippen molar-refractivity contribution in [2.24, 2.45) is 0 Å². The Hall–Kier alpha value is -1.33. The van der Waals surface area contributed by atoms with Gasteiger partial charge in [-0.05, 0) is 12.1 Å². The molecule has 1 heterocycles. The van der Waals surface area contributed by atoms with E-state index >= 15 is 0 Å². The van der Waals surface area contributed by atoms with Crippen LogP contribution in [0.4, 0.5) is 9.39 Å². The summed E-state index contributed by atoms with van der Waals surface area (Å²) in [6, 6.07) is 4.17. The minimum absolute atomic E-state index is 0.0565. The van der Waals surface area contributed by atoms with Crippen LogP contribution in [0.1, 0.15) is 0 Å². The summed E-state index contributed by atoms with van der Waals surface area (Å²) in [6.45, 7) is 0. The molecule has 0 atom stereocenters. The van der Waals surface area contributed by atoms with E-state index in [-0.39, 0.29) is 5.02 Å². The second kappa shape index (κ2) is 4.04. The lowest BCUT2D eigenvalue weighted by Gasteiger charge is -2.01. The molecule has 0 aliphatic carbocycles. The molecule has 0 aliphatic heterocycles. The SMILES string of the molecule is Nc1cnc(Oc2ccc(Cl)c(F)c2)s1. The fraction of sp³-hybridized carbons (Fsp3) is 0. The molecule has 2 N–H and O–H groups in total. The summed E-state index contributed by atoms with van der Waals surface area (Å²) < 4.78 is 18.3. The van der Waals surface area contributed by atoms with Crippen LogP contribution in [0.3, 0.4) is 0 Å². The van der Waals surface area contributed by atoms with Gasteiger partial charge in [-0.1, -0.05) is 22.9 Å². The molecule has 15 heavy (non-hydrogen) atoms. The first-order valence-corrected chi connectivity index (χ1v) is 5.19. The molecule has 2 aromatic rings. The Morgan fingerprint density at radius 3 is 2.87 bits per heavy atom. The van der Waals surface area contributed by atoms with Crippen LogP contribution in [-0.4, -0.2) is 4.98 Å². The van der Waals surface area contributed by atoms with Crippen LogP contribution in [0.2, 0.25) is 5.02 Å². The molecule has 6 heteroatoms. The van der Waals surface area contributed by atoms with E-state index in [1.807, 2.05) is 0 Å². The third kappa shape index (κ3) is 2.37. The molecule has 2 rings (SSSR count). The third-order valence-corrected chi connectivity index (χ3v) is 2.61. The number of halogens is 2. The summed E-state index contributed by atoms with van der Waals surface area (Å²) in [6.07, 6.45) is 1.48. The van der Waals surface area contributed by atoms with E-state index in [4.69, 9.17) is 22.1 Å². The maximum Gasteiger partial charge on any atom is 0.280 e. The largest absolute Gasteiger partial charge is 0.431 e. The predicted molar refractivity (Wildman–Crippen MR) is 58.0 cm³/mol. The molecular formula is C9H6ClFN2OS. The average Bonchev–Trinajstić information content (AvgIpc) is 2.58. The normalized spacial score (nSPS) is 10.3. The smallest absolute Gasteiger partial charge is 0.280 e. The van der Waals surface area contributed by atoms with Gasteiger partial charge in [-0.2, -0.15) is 0 Å². The van der Waals surface area contributed by atoms with Gasteiger partial charge in [0.2, 0.25) is 0 Å². The van der Waals surface area contributed by atoms with E-state index in [2.05, 4.69) is 4.98 Å². The van der Waals surface area contributed by atoms with Gasteiger partial charge >= 0.3 is 0 Å². The molecule has 1 aromatic heterocycles. The summed E-state index contributed by atoms with van der Waals surface area (Å²) in [5, 5.41) is 0.967. The molecule has 0 aliphatic rings. The van der Waals surface area contributed by atoms with E-state index in [9.17, 15) is 4.39 Å². The fourth-order valence-electron chi connectivity index (χ4n) is 0.958. The lowest BCUT2D eigenvalue weighted by Crippen LogP contribution is -1.84. The lowest BCUT2D eigenvalue weighted by molar-refractivity contribution is 0.473. The van der Waals surface area contributed by atoms with Gasteiger partial charge in [-0.25, -0.2) is 9.37 Å². The van der Waals surface area contributed by atoms with E-state index in [1.54, 1.807) is 6.07 Å². The molecule has 0 amide bonds. The van der Waals surface area contributed by atoms with Crippen molar-refractivity contribution in [3.63, 3.8) is 0 Å². The van der Waals surface area contributed by atoms with Gasteiger partial charge in [0, 0.05) is 6.07 Å². The lowest BCUT2D eigenvalue weighted by atomic mass is 10.3. The van der Waals surface area contributed by atoms with Crippen molar-refractivity contribution in [2.75, 3.05) is 5.73 Å². The standard InChI is InChI=1S/C9H6ClFN2OS/c10-6-2-1-5(3-7(6)11)14-9-13-4-8(12)15-9/h1-4H,12H2. The quantitative estimate of drug-likeness (QED) is 0.882. The zero-order valence-corrected chi connectivity index (χ0v) is 8.98. The predicted octanol–water partition coefficient (Wildman–Crippen LogP) is 3.31. The van der Waals surface area contributed by atoms with Crippen molar-refractivity contribution >= 4 is 27.9 Å². The molecule has 0 saturated carbocycles. The van der Waals surface area contributed by atoms with Crippen molar-refractivity contribution < 1.29 is 9.13 Å². The highest BCUT2D eigenvalue weighted by Crippen LogP contribution is 2.29. The maximum atomic E-state index is 13.0. The minimum atomic E-state index is -0.529. The van der Waals surface area contributed by atoms with E-state index < -0.39 is 5.82 Å². The first kappa shape index (κ1) is 10.2. The third-order valence-electron chi connectivity index (χ3n) is 1.60. The Morgan fingerprint density at radius 1 is 1.47 bits per heavy atom. The van der Waals surface area contributed by atoms with Crippen LogP contribution in [0.5, 0.6) is 10.9 Å². The van der Waals surface area contributed by atoms with Gasteiger partial charge < -0.3 is 10.5 Å². The second-order valence-corrected chi connectivity index (χ2v) is 4.14. The Kier molecular flexibility index (Phi) is 2.75. The Labute approximate surface area is 94.3 Å². The van der Waals surface area contributed by atoms with E-state index in [1.165, 1.54) is 29.7 Å². The molecule has 0 radical (unpaired) electrons. The van der Waals surface area contributed by atoms with Crippen molar-refractivity contribution in [1.29, 1.82) is 0 Å². The van der Waals surface area contributed by atoms with Crippen molar-refractivity contribution in [3.05, 3.63) is 35.2 Å². The summed E-state index contributed by atoms with van der Waals surface area (Å²) >= 11 is 6.71. The topological polar surface area (TPSA) is 48.1 Å². The van der Waals surface area contributed by atoms with Crippen LogP contribution >= 0.6 is 22.9 Å². The van der Waals surface area contributed by atoms with Gasteiger partial charge in [0.1, 0.15) is 16.6 Å². The van der Waals surface area contributed by atoms with E-state index in [0.717, 1.165) is 0 Å². The molecule has 0 unspecified atom stereocenters. The number of aromatic nitrogens is 1. The number of hydrogen-bond acceptors (Lipinski definition) is 4. The van der Waals surface area contributed by atoms with Crippen molar-refractivity contribution in [3.8, 4) is 10.9 Å². The van der Waals surface area contributed by atoms with Gasteiger partial charge in [-0.15, -0.1) is 0 Å². The van der Waals surface area contributed by atoms with E-state index in [0.29, 0.717) is 15.9 Å². The number of thiazole rings is 1. The molecule has 1 aromatic carbocycles. The Balaban J connectivity index is 2.21. The second-order valence-electron chi connectivity index (χ2n) is 2.71. The summed E-state index contributed by atoms with van der Waals surface area (Å²) in [4.78, 5) is 3.88. The number of ether oxygens (including phenoxy) is 1. The zero-order valence-electron chi connectivity index (χ0n) is 7.41. The van der Waals surface area contributed by atoms with Crippen molar-refractivity contribution in [2.45, 2.75) is 0 Å². The minimum Gasteiger partial charge on any atom is -0.431 e. The van der Waals surface area contributed by atoms with Gasteiger partial charge in [0.05, 0.1) is 11.2 Å². The first-order valence-electron chi connectivity index (χ1n) is 3.99. The van der Waals surface area contributed by atoms with Gasteiger partial charge in [0.25, 0.3) is 5.19 Å². The first-order chi connectivity index (χ1) is 7.15.